The van der Waals surface area contributed by atoms with Crippen LogP contribution in [0, 0.1) is 0 Å². The van der Waals surface area contributed by atoms with Gasteiger partial charge in [0.25, 0.3) is 0 Å². The van der Waals surface area contributed by atoms with Crippen molar-refractivity contribution in [2.24, 2.45) is 4.99 Å². The highest BCUT2D eigenvalue weighted by Gasteiger charge is 2.52. The molecule has 0 saturated carbocycles. The Morgan fingerprint density at radius 2 is 1.28 bits per heavy atom. The van der Waals surface area contributed by atoms with E-state index in [2.05, 4.69) is 191 Å². The van der Waals surface area contributed by atoms with Gasteiger partial charge in [-0.3, -0.25) is 14.5 Å². The van der Waals surface area contributed by atoms with Crippen molar-refractivity contribution in [3.63, 3.8) is 0 Å². The first kappa shape index (κ1) is 32.0. The fourth-order valence-electron chi connectivity index (χ4n) is 10.2. The average molecular weight is 732 g/mol. The molecule has 5 heterocycles. The standard InChI is InChI=1S/C52H37N5/c1-3-13-36(14-4-1)52(37-15-5-2-6-16-37)44-20-9-7-18-41(44)48-45(52)33-43-40-17-8-10-21-46(40)56(51(43)55-48)38-27-23-34(24-28-38)35-25-29-39(30-26-35)57-47-22-12-31-53-49(47)42-19-11-32-54-50(42)57/h1-33,42,48,50,55H. The first-order chi connectivity index (χ1) is 28.3. The van der Waals surface area contributed by atoms with Gasteiger partial charge in [0.05, 0.1) is 34.3 Å². The smallest absolute Gasteiger partial charge is 0.137 e. The molecule has 1 aliphatic carbocycles. The molecule has 3 atom stereocenters. The summed E-state index contributed by atoms with van der Waals surface area (Å²) >= 11 is 0. The van der Waals surface area contributed by atoms with Crippen molar-refractivity contribution < 1.29 is 0 Å². The number of hydrogen-bond donors (Lipinski definition) is 1. The number of nitrogens with one attached hydrogen (secondary N) is 1. The molecule has 1 N–H and O–H groups in total. The van der Waals surface area contributed by atoms with Crippen LogP contribution in [0.3, 0.4) is 0 Å². The van der Waals surface area contributed by atoms with Crippen LogP contribution in [0.25, 0.3) is 33.8 Å². The number of rotatable bonds is 5. The zero-order valence-electron chi connectivity index (χ0n) is 31.1. The fourth-order valence-corrected chi connectivity index (χ4v) is 10.2. The molecule has 270 valence electrons. The Hall–Kier alpha value is -7.24. The number of fused-ring (bicyclic) bond motifs is 9. The molecule has 0 radical (unpaired) electrons. The SMILES string of the molecule is C1=CC2c3ncccc3N(c3ccc(-c4ccc(-n5c6c(c7ccccc75)C=C5C(N6)c6ccccc6C5(c5ccccc5)c5ccccc5)cc4)cc3)C2N=C1. The quantitative estimate of drug-likeness (QED) is 0.192. The van der Waals surface area contributed by atoms with Crippen LogP contribution < -0.4 is 10.2 Å². The lowest BCUT2D eigenvalue weighted by molar-refractivity contribution is 0.651. The molecule has 0 bridgehead atoms. The van der Waals surface area contributed by atoms with Crippen LogP contribution in [0.5, 0.6) is 0 Å². The van der Waals surface area contributed by atoms with E-state index in [1.807, 2.05) is 24.6 Å². The van der Waals surface area contributed by atoms with Crippen molar-refractivity contribution in [1.82, 2.24) is 9.55 Å². The van der Waals surface area contributed by atoms with Crippen molar-refractivity contribution >= 4 is 40.4 Å². The van der Waals surface area contributed by atoms with Crippen LogP contribution >= 0.6 is 0 Å². The van der Waals surface area contributed by atoms with E-state index in [1.54, 1.807) is 0 Å². The second kappa shape index (κ2) is 12.4. The molecular weight excluding hydrogens is 695 g/mol. The van der Waals surface area contributed by atoms with Gasteiger partial charge in [-0.25, -0.2) is 0 Å². The molecule has 5 nitrogen and oxygen atoms in total. The third-order valence-electron chi connectivity index (χ3n) is 12.6. The van der Waals surface area contributed by atoms with Gasteiger partial charge in [0.15, 0.2) is 0 Å². The number of aromatic nitrogens is 2. The number of benzene rings is 6. The molecule has 0 amide bonds. The number of hydrogen-bond acceptors (Lipinski definition) is 4. The molecule has 57 heavy (non-hydrogen) atoms. The summed E-state index contributed by atoms with van der Waals surface area (Å²) in [6.45, 7) is 0. The molecule has 2 aromatic heterocycles. The summed E-state index contributed by atoms with van der Waals surface area (Å²) < 4.78 is 2.41. The zero-order chi connectivity index (χ0) is 37.5. The van der Waals surface area contributed by atoms with Gasteiger partial charge in [-0.05, 0) is 93.6 Å². The van der Waals surface area contributed by atoms with Gasteiger partial charge in [-0.15, -0.1) is 0 Å². The van der Waals surface area contributed by atoms with E-state index in [1.165, 1.54) is 55.4 Å². The summed E-state index contributed by atoms with van der Waals surface area (Å²) in [5.74, 6) is 1.27. The highest BCUT2D eigenvalue weighted by atomic mass is 15.3. The molecule has 12 rings (SSSR count). The number of dihydropyridines is 1. The molecule has 0 fully saturated rings. The number of aliphatic imine (C=N–C) groups is 1. The van der Waals surface area contributed by atoms with Crippen LogP contribution in [-0.2, 0) is 5.41 Å². The number of para-hydroxylation sites is 1. The summed E-state index contributed by atoms with van der Waals surface area (Å²) in [5, 5.41) is 5.38. The monoisotopic (exact) mass is 731 g/mol. The third kappa shape index (κ3) is 4.57. The largest absolute Gasteiger partial charge is 0.360 e. The van der Waals surface area contributed by atoms with Crippen molar-refractivity contribution in [2.45, 2.75) is 23.5 Å². The Balaban J connectivity index is 0.952. The Bertz CT molecular complexity index is 2900. The van der Waals surface area contributed by atoms with Crippen LogP contribution in [0.2, 0.25) is 0 Å². The minimum atomic E-state index is -0.438. The third-order valence-corrected chi connectivity index (χ3v) is 12.6. The second-order valence-electron chi connectivity index (χ2n) is 15.4. The molecule has 3 unspecified atom stereocenters. The van der Waals surface area contributed by atoms with Gasteiger partial charge in [-0.1, -0.05) is 133 Å². The fraction of sp³-hybridized carbons (Fsp3) is 0.0769. The topological polar surface area (TPSA) is 45.5 Å². The van der Waals surface area contributed by atoms with Crippen LogP contribution in [-0.4, -0.2) is 21.9 Å². The lowest BCUT2D eigenvalue weighted by atomic mass is 9.67. The molecule has 6 aromatic carbocycles. The summed E-state index contributed by atoms with van der Waals surface area (Å²) in [6.07, 6.45) is 10.5. The predicted molar refractivity (Wildman–Crippen MR) is 233 cm³/mol. The molecule has 5 heteroatoms. The highest BCUT2D eigenvalue weighted by Crippen LogP contribution is 2.60. The van der Waals surface area contributed by atoms with Crippen LogP contribution in [0.4, 0.5) is 17.2 Å². The first-order valence-corrected chi connectivity index (χ1v) is 19.8. The van der Waals surface area contributed by atoms with Crippen LogP contribution in [0.15, 0.2) is 199 Å². The molecule has 3 aliphatic heterocycles. The Kier molecular flexibility index (Phi) is 6.96. The maximum absolute atomic E-state index is 4.86. The number of nitrogens with zero attached hydrogens (tertiary/aromatic N) is 4. The Morgan fingerprint density at radius 1 is 0.614 bits per heavy atom. The van der Waals surface area contributed by atoms with E-state index < -0.39 is 5.41 Å². The lowest BCUT2D eigenvalue weighted by Crippen LogP contribution is -2.31. The summed E-state index contributed by atoms with van der Waals surface area (Å²) in [4.78, 5) is 11.9. The lowest BCUT2D eigenvalue weighted by Gasteiger charge is -2.37. The van der Waals surface area contributed by atoms with E-state index >= 15 is 0 Å². The van der Waals surface area contributed by atoms with E-state index in [9.17, 15) is 0 Å². The molecule has 8 aromatic rings. The number of allylic oxidation sites excluding steroid dienone is 1. The average Bonchev–Trinajstić information content (AvgIpc) is 3.90. The summed E-state index contributed by atoms with van der Waals surface area (Å²) in [5.41, 5.74) is 15.3. The predicted octanol–water partition coefficient (Wildman–Crippen LogP) is 11.8. The molecule has 4 aliphatic rings. The normalized spacial score (nSPS) is 19.3. The summed E-state index contributed by atoms with van der Waals surface area (Å²) in [7, 11) is 0. The Labute approximate surface area is 331 Å². The van der Waals surface area contributed by atoms with Gasteiger partial charge in [0.1, 0.15) is 12.0 Å². The van der Waals surface area contributed by atoms with Gasteiger partial charge >= 0.3 is 0 Å². The van der Waals surface area contributed by atoms with E-state index in [4.69, 9.17) is 9.98 Å². The minimum absolute atomic E-state index is 0.00100. The second-order valence-corrected chi connectivity index (χ2v) is 15.4. The summed E-state index contributed by atoms with van der Waals surface area (Å²) in [6, 6.07) is 62.0. The minimum Gasteiger partial charge on any atom is -0.360 e. The van der Waals surface area contributed by atoms with Gasteiger partial charge in [0, 0.05) is 34.7 Å². The van der Waals surface area contributed by atoms with E-state index in [0.29, 0.717) is 0 Å². The number of pyridine rings is 1. The van der Waals surface area contributed by atoms with Crippen LogP contribution in [0.1, 0.15) is 45.5 Å². The van der Waals surface area contributed by atoms with E-state index in [-0.39, 0.29) is 18.1 Å². The van der Waals surface area contributed by atoms with Crippen molar-refractivity contribution in [1.29, 1.82) is 0 Å². The highest BCUT2D eigenvalue weighted by molar-refractivity contribution is 6.00. The molecule has 0 spiro atoms. The van der Waals surface area contributed by atoms with Gasteiger partial charge < -0.3 is 10.2 Å². The van der Waals surface area contributed by atoms with Crippen molar-refractivity contribution in [3.8, 4) is 16.8 Å². The van der Waals surface area contributed by atoms with Gasteiger partial charge in [-0.2, -0.15) is 0 Å². The maximum atomic E-state index is 4.86. The van der Waals surface area contributed by atoms with E-state index in [0.717, 1.165) is 28.6 Å². The zero-order valence-corrected chi connectivity index (χ0v) is 31.1. The number of anilines is 3. The van der Waals surface area contributed by atoms with Gasteiger partial charge in [0.2, 0.25) is 0 Å². The molecule has 0 saturated heterocycles. The first-order valence-electron chi connectivity index (χ1n) is 19.8. The van der Waals surface area contributed by atoms with Crippen molar-refractivity contribution in [3.05, 3.63) is 227 Å². The Morgan fingerprint density at radius 3 is 2.04 bits per heavy atom. The van der Waals surface area contributed by atoms with Crippen molar-refractivity contribution in [2.75, 3.05) is 10.2 Å². The maximum Gasteiger partial charge on any atom is 0.137 e. The molecular formula is C52H37N5.